The predicted molar refractivity (Wildman–Crippen MR) is 113 cm³/mol. The first-order valence-electron chi connectivity index (χ1n) is 9.63. The van der Waals surface area contributed by atoms with Gasteiger partial charge in [0.1, 0.15) is 18.9 Å². The molecule has 0 saturated heterocycles. The van der Waals surface area contributed by atoms with Gasteiger partial charge in [0.2, 0.25) is 0 Å². The molecule has 2 heterocycles. The number of hydrogen-bond donors (Lipinski definition) is 2. The highest BCUT2D eigenvalue weighted by Crippen LogP contribution is 2.33. The number of pyridine rings is 1. The number of rotatable bonds is 5. The average Bonchev–Trinajstić information content (AvgIpc) is 2.74. The summed E-state index contributed by atoms with van der Waals surface area (Å²) in [5, 5.41) is 6.26. The van der Waals surface area contributed by atoms with Crippen LogP contribution >= 0.6 is 0 Å². The second-order valence-electron chi connectivity index (χ2n) is 7.11. The van der Waals surface area contributed by atoms with Gasteiger partial charge in [-0.1, -0.05) is 32.0 Å². The van der Waals surface area contributed by atoms with Crippen LogP contribution in [0.15, 0.2) is 60.8 Å². The fraction of sp³-hybridized carbons (Fsp3) is 0.217. The zero-order valence-electron chi connectivity index (χ0n) is 16.4. The number of carbonyl (C=O) groups excluding carboxylic acids is 1. The second-order valence-corrected chi connectivity index (χ2v) is 7.11. The summed E-state index contributed by atoms with van der Waals surface area (Å²) in [6.45, 7) is 5.33. The van der Waals surface area contributed by atoms with Crippen molar-refractivity contribution in [3.8, 4) is 11.5 Å². The van der Waals surface area contributed by atoms with Gasteiger partial charge in [0.05, 0.1) is 0 Å². The Morgan fingerprint density at radius 1 is 0.966 bits per heavy atom. The summed E-state index contributed by atoms with van der Waals surface area (Å²) in [7, 11) is 0. The summed E-state index contributed by atoms with van der Waals surface area (Å²) < 4.78 is 11.1. The quantitative estimate of drug-likeness (QED) is 0.644. The number of amides is 1. The first-order chi connectivity index (χ1) is 14.1. The van der Waals surface area contributed by atoms with Gasteiger partial charge in [0.25, 0.3) is 5.91 Å². The zero-order valence-corrected chi connectivity index (χ0v) is 16.4. The molecule has 1 amide bonds. The molecule has 1 aliphatic rings. The standard InChI is InChI=1S/C23H23N3O3/c1-15(2)18-5-3-4-6-19(18)25-17-9-10-24-20(13-17)23(27)26-16-7-8-21-22(14-16)29-12-11-28-21/h3-10,13-15H,11-12H2,1-2H3,(H,24,25)(H,26,27). The van der Waals surface area contributed by atoms with Crippen LogP contribution in [-0.2, 0) is 0 Å². The summed E-state index contributed by atoms with van der Waals surface area (Å²) in [5.74, 6) is 1.41. The highest BCUT2D eigenvalue weighted by Gasteiger charge is 2.14. The van der Waals surface area contributed by atoms with E-state index in [1.807, 2.05) is 24.3 Å². The SMILES string of the molecule is CC(C)c1ccccc1Nc1ccnc(C(=O)Nc2ccc3c(c2)OCCO3)c1. The average molecular weight is 389 g/mol. The lowest BCUT2D eigenvalue weighted by molar-refractivity contribution is 0.102. The Bertz CT molecular complexity index is 1030. The Balaban J connectivity index is 1.51. The molecule has 6 heteroatoms. The lowest BCUT2D eigenvalue weighted by atomic mass is 10.0. The van der Waals surface area contributed by atoms with Crippen LogP contribution in [0.4, 0.5) is 17.1 Å². The van der Waals surface area contributed by atoms with E-state index in [4.69, 9.17) is 9.47 Å². The number of carbonyl (C=O) groups is 1. The summed E-state index contributed by atoms with van der Waals surface area (Å²) >= 11 is 0. The molecule has 6 nitrogen and oxygen atoms in total. The molecule has 0 atom stereocenters. The Hall–Kier alpha value is -3.54. The van der Waals surface area contributed by atoms with Gasteiger partial charge in [-0.05, 0) is 41.8 Å². The van der Waals surface area contributed by atoms with E-state index < -0.39 is 0 Å². The lowest BCUT2D eigenvalue weighted by Crippen LogP contribution is -2.17. The van der Waals surface area contributed by atoms with E-state index in [1.54, 1.807) is 30.5 Å². The molecule has 0 spiro atoms. The number of hydrogen-bond acceptors (Lipinski definition) is 5. The van der Waals surface area contributed by atoms with Crippen LogP contribution in [0.2, 0.25) is 0 Å². The number of nitrogens with zero attached hydrogens (tertiary/aromatic N) is 1. The summed E-state index contributed by atoms with van der Waals surface area (Å²) in [5.41, 5.74) is 4.00. The third kappa shape index (κ3) is 4.32. The number of ether oxygens (including phenoxy) is 2. The largest absolute Gasteiger partial charge is 0.486 e. The molecule has 0 fully saturated rings. The fourth-order valence-electron chi connectivity index (χ4n) is 3.22. The smallest absolute Gasteiger partial charge is 0.274 e. The monoisotopic (exact) mass is 389 g/mol. The lowest BCUT2D eigenvalue weighted by Gasteiger charge is -2.19. The zero-order chi connectivity index (χ0) is 20.2. The van der Waals surface area contributed by atoms with E-state index >= 15 is 0 Å². The molecular formula is C23H23N3O3. The fourth-order valence-corrected chi connectivity index (χ4v) is 3.22. The van der Waals surface area contributed by atoms with E-state index in [-0.39, 0.29) is 5.91 Å². The first-order valence-corrected chi connectivity index (χ1v) is 9.63. The summed E-state index contributed by atoms with van der Waals surface area (Å²) in [6, 6.07) is 17.1. The Morgan fingerprint density at radius 3 is 2.59 bits per heavy atom. The van der Waals surface area contributed by atoms with E-state index in [0.717, 1.165) is 11.4 Å². The number of nitrogens with one attached hydrogen (secondary N) is 2. The molecule has 4 rings (SSSR count). The molecule has 29 heavy (non-hydrogen) atoms. The van der Waals surface area contributed by atoms with Gasteiger partial charge in [-0.2, -0.15) is 0 Å². The van der Waals surface area contributed by atoms with E-state index in [9.17, 15) is 4.79 Å². The highest BCUT2D eigenvalue weighted by molar-refractivity contribution is 6.03. The maximum Gasteiger partial charge on any atom is 0.274 e. The minimum Gasteiger partial charge on any atom is -0.486 e. The molecule has 2 N–H and O–H groups in total. The van der Waals surface area contributed by atoms with Crippen LogP contribution in [0.5, 0.6) is 11.5 Å². The minimum atomic E-state index is -0.289. The molecular weight excluding hydrogens is 366 g/mol. The highest BCUT2D eigenvalue weighted by atomic mass is 16.6. The normalized spacial score (nSPS) is 12.5. The van der Waals surface area contributed by atoms with Crippen LogP contribution in [0.25, 0.3) is 0 Å². The number of anilines is 3. The van der Waals surface area contributed by atoms with Crippen molar-refractivity contribution in [1.82, 2.24) is 4.98 Å². The van der Waals surface area contributed by atoms with E-state index in [1.165, 1.54) is 5.56 Å². The van der Waals surface area contributed by atoms with Gasteiger partial charge in [-0.15, -0.1) is 0 Å². The molecule has 0 saturated carbocycles. The van der Waals surface area contributed by atoms with E-state index in [0.29, 0.717) is 42.0 Å². The third-order valence-electron chi connectivity index (χ3n) is 4.65. The molecule has 148 valence electrons. The summed E-state index contributed by atoms with van der Waals surface area (Å²) in [6.07, 6.45) is 1.62. The summed E-state index contributed by atoms with van der Waals surface area (Å²) in [4.78, 5) is 16.9. The molecule has 1 aliphatic heterocycles. The van der Waals surface area contributed by atoms with Crippen molar-refractivity contribution < 1.29 is 14.3 Å². The van der Waals surface area contributed by atoms with Crippen molar-refractivity contribution in [3.63, 3.8) is 0 Å². The minimum absolute atomic E-state index is 0.289. The Labute approximate surface area is 169 Å². The number of aromatic nitrogens is 1. The van der Waals surface area contributed by atoms with Gasteiger partial charge in [-0.25, -0.2) is 0 Å². The van der Waals surface area contributed by atoms with Crippen LogP contribution in [0.1, 0.15) is 35.8 Å². The molecule has 3 aromatic rings. The number of fused-ring (bicyclic) bond motifs is 1. The molecule has 0 aliphatic carbocycles. The van der Waals surface area contributed by atoms with Crippen molar-refractivity contribution in [2.24, 2.45) is 0 Å². The van der Waals surface area contributed by atoms with Crippen LogP contribution in [-0.4, -0.2) is 24.1 Å². The van der Waals surface area contributed by atoms with Gasteiger partial charge in [0.15, 0.2) is 11.5 Å². The predicted octanol–water partition coefficient (Wildman–Crippen LogP) is 4.97. The van der Waals surface area contributed by atoms with Gasteiger partial charge in [-0.3, -0.25) is 9.78 Å². The number of benzene rings is 2. The van der Waals surface area contributed by atoms with Crippen molar-refractivity contribution in [2.75, 3.05) is 23.8 Å². The first kappa shape index (κ1) is 18.8. The van der Waals surface area contributed by atoms with Crippen molar-refractivity contribution in [2.45, 2.75) is 19.8 Å². The third-order valence-corrected chi connectivity index (χ3v) is 4.65. The van der Waals surface area contributed by atoms with Crippen LogP contribution in [0, 0.1) is 0 Å². The second kappa shape index (κ2) is 8.22. The van der Waals surface area contributed by atoms with Crippen LogP contribution < -0.4 is 20.1 Å². The van der Waals surface area contributed by atoms with Crippen molar-refractivity contribution >= 4 is 23.0 Å². The Morgan fingerprint density at radius 2 is 1.76 bits per heavy atom. The molecule has 1 aromatic heterocycles. The van der Waals surface area contributed by atoms with Crippen molar-refractivity contribution in [1.29, 1.82) is 0 Å². The maximum atomic E-state index is 12.7. The molecule has 0 bridgehead atoms. The van der Waals surface area contributed by atoms with Gasteiger partial charge >= 0.3 is 0 Å². The van der Waals surface area contributed by atoms with E-state index in [2.05, 4.69) is 35.5 Å². The van der Waals surface area contributed by atoms with Gasteiger partial charge in [0, 0.05) is 29.3 Å². The number of para-hydroxylation sites is 1. The molecule has 0 unspecified atom stereocenters. The molecule has 0 radical (unpaired) electrons. The topological polar surface area (TPSA) is 72.5 Å². The molecule has 2 aromatic carbocycles. The maximum absolute atomic E-state index is 12.7. The Kier molecular flexibility index (Phi) is 5.33. The van der Waals surface area contributed by atoms with Crippen LogP contribution in [0.3, 0.4) is 0 Å². The van der Waals surface area contributed by atoms with Gasteiger partial charge < -0.3 is 20.1 Å². The van der Waals surface area contributed by atoms with Crippen molar-refractivity contribution in [3.05, 3.63) is 72.1 Å².